The maximum atomic E-state index is 12.8. The fraction of sp³-hybridized carbons (Fsp3) is 0.120. The van der Waals surface area contributed by atoms with E-state index in [1.807, 2.05) is 49.4 Å². The second-order valence-corrected chi connectivity index (χ2v) is 9.29. The monoisotopic (exact) mass is 446 g/mol. The molecule has 0 aliphatic heterocycles. The Hall–Kier alpha value is -3.71. The van der Waals surface area contributed by atoms with Gasteiger partial charge in [-0.3, -0.25) is 9.78 Å². The van der Waals surface area contributed by atoms with Crippen molar-refractivity contribution in [1.82, 2.24) is 9.71 Å². The van der Waals surface area contributed by atoms with Crippen LogP contribution in [0.1, 0.15) is 11.1 Å². The summed E-state index contributed by atoms with van der Waals surface area (Å²) in [5.41, 5.74) is 3.23. The first kappa shape index (κ1) is 21.5. The highest BCUT2D eigenvalue weighted by atomic mass is 32.2. The number of pyridine rings is 1. The summed E-state index contributed by atoms with van der Waals surface area (Å²) in [4.78, 5) is 16.5. The van der Waals surface area contributed by atoms with Crippen molar-refractivity contribution in [1.29, 1.82) is 0 Å². The Kier molecular flexibility index (Phi) is 5.92. The molecule has 0 aliphatic rings. The number of nitrogens with one attached hydrogen (secondary N) is 1. The zero-order valence-electron chi connectivity index (χ0n) is 17.7. The quantitative estimate of drug-likeness (QED) is 0.474. The summed E-state index contributed by atoms with van der Waals surface area (Å²) in [5.74, 6) is -0.264. The van der Waals surface area contributed by atoms with Crippen LogP contribution in [-0.4, -0.2) is 25.9 Å². The Balaban J connectivity index is 1.49. The molecule has 162 valence electrons. The Labute approximate surface area is 186 Å². The molecular formula is C25H22N2O4S. The van der Waals surface area contributed by atoms with Crippen LogP contribution in [0.4, 0.5) is 0 Å². The molecule has 0 atom stereocenters. The van der Waals surface area contributed by atoms with Gasteiger partial charge in [-0.05, 0) is 71.6 Å². The molecule has 1 heterocycles. The van der Waals surface area contributed by atoms with Crippen molar-refractivity contribution in [2.24, 2.45) is 0 Å². The van der Waals surface area contributed by atoms with E-state index in [0.29, 0.717) is 11.3 Å². The van der Waals surface area contributed by atoms with Crippen LogP contribution in [0.3, 0.4) is 0 Å². The molecule has 1 amide bonds. The van der Waals surface area contributed by atoms with Crippen LogP contribution in [0, 0.1) is 13.8 Å². The molecule has 0 spiro atoms. The SMILES string of the molecule is Cc1cncc(-c2cc(C)cc(S(=O)(=O)NC(=O)COc3ccc4ccccc4c3)c2)c1. The van der Waals surface area contributed by atoms with Gasteiger partial charge in [0.15, 0.2) is 6.61 Å². The summed E-state index contributed by atoms with van der Waals surface area (Å²) in [7, 11) is -4.06. The van der Waals surface area contributed by atoms with Crippen LogP contribution in [0.25, 0.3) is 21.9 Å². The summed E-state index contributed by atoms with van der Waals surface area (Å²) in [6.45, 7) is 3.30. The number of ether oxygens (including phenoxy) is 1. The first-order chi connectivity index (χ1) is 15.3. The van der Waals surface area contributed by atoms with Crippen LogP contribution < -0.4 is 9.46 Å². The molecule has 0 aliphatic carbocycles. The molecular weight excluding hydrogens is 424 g/mol. The van der Waals surface area contributed by atoms with Gasteiger partial charge in [0.1, 0.15) is 5.75 Å². The zero-order valence-corrected chi connectivity index (χ0v) is 18.5. The third-order valence-electron chi connectivity index (χ3n) is 4.91. The smallest absolute Gasteiger partial charge is 0.271 e. The fourth-order valence-electron chi connectivity index (χ4n) is 3.43. The number of rotatable bonds is 6. The van der Waals surface area contributed by atoms with Gasteiger partial charge < -0.3 is 4.74 Å². The van der Waals surface area contributed by atoms with Gasteiger partial charge in [-0.15, -0.1) is 0 Å². The van der Waals surface area contributed by atoms with Crippen molar-refractivity contribution in [3.63, 3.8) is 0 Å². The number of aryl methyl sites for hydroxylation is 2. The van der Waals surface area contributed by atoms with Crippen molar-refractivity contribution >= 4 is 26.7 Å². The summed E-state index contributed by atoms with van der Waals surface area (Å²) in [6.07, 6.45) is 3.40. The predicted octanol–water partition coefficient (Wildman–Crippen LogP) is 4.40. The minimum atomic E-state index is -4.06. The number of benzene rings is 3. The fourth-order valence-corrected chi connectivity index (χ4v) is 4.53. The first-order valence-electron chi connectivity index (χ1n) is 10.0. The summed E-state index contributed by atoms with van der Waals surface area (Å²) in [5, 5.41) is 2.02. The Morgan fingerprint density at radius 2 is 1.62 bits per heavy atom. The highest BCUT2D eigenvalue weighted by molar-refractivity contribution is 7.90. The van der Waals surface area contributed by atoms with Crippen LogP contribution in [0.5, 0.6) is 5.75 Å². The molecule has 0 bridgehead atoms. The predicted molar refractivity (Wildman–Crippen MR) is 124 cm³/mol. The molecule has 0 saturated heterocycles. The molecule has 4 aromatic rings. The van der Waals surface area contributed by atoms with E-state index in [1.54, 1.807) is 31.5 Å². The highest BCUT2D eigenvalue weighted by Gasteiger charge is 2.19. The molecule has 1 N–H and O–H groups in total. The van der Waals surface area contributed by atoms with Crippen molar-refractivity contribution in [3.8, 4) is 16.9 Å². The number of aromatic nitrogens is 1. The number of carbonyl (C=O) groups is 1. The number of nitrogens with zero attached hydrogens (tertiary/aromatic N) is 1. The Morgan fingerprint density at radius 1 is 0.875 bits per heavy atom. The standard InChI is InChI=1S/C25H22N2O4S/c1-17-9-21(22-10-18(2)14-26-15-22)13-24(11-17)32(29,30)27-25(28)16-31-23-8-7-19-5-3-4-6-20(19)12-23/h3-15H,16H2,1-2H3,(H,27,28). The maximum Gasteiger partial charge on any atom is 0.271 e. The van der Waals surface area contributed by atoms with Gasteiger partial charge in [0.2, 0.25) is 0 Å². The first-order valence-corrected chi connectivity index (χ1v) is 11.5. The lowest BCUT2D eigenvalue weighted by atomic mass is 10.0. The van der Waals surface area contributed by atoms with E-state index in [4.69, 9.17) is 4.74 Å². The topological polar surface area (TPSA) is 85.4 Å². The van der Waals surface area contributed by atoms with Gasteiger partial charge >= 0.3 is 0 Å². The average molecular weight is 447 g/mol. The van der Waals surface area contributed by atoms with Gasteiger partial charge in [0.05, 0.1) is 4.90 Å². The zero-order chi connectivity index (χ0) is 22.7. The maximum absolute atomic E-state index is 12.8. The van der Waals surface area contributed by atoms with E-state index in [1.165, 1.54) is 12.1 Å². The largest absolute Gasteiger partial charge is 0.484 e. The third kappa shape index (κ3) is 4.95. The third-order valence-corrected chi connectivity index (χ3v) is 6.26. The lowest BCUT2D eigenvalue weighted by molar-refractivity contribution is -0.121. The van der Waals surface area contributed by atoms with Crippen molar-refractivity contribution in [2.45, 2.75) is 18.7 Å². The molecule has 4 rings (SSSR count). The van der Waals surface area contributed by atoms with Crippen LogP contribution in [-0.2, 0) is 14.8 Å². The molecule has 0 fully saturated rings. The average Bonchev–Trinajstić information content (AvgIpc) is 2.77. The summed E-state index contributed by atoms with van der Waals surface area (Å²) in [6, 6.07) is 20.0. The van der Waals surface area contributed by atoms with Gasteiger partial charge in [-0.2, -0.15) is 0 Å². The van der Waals surface area contributed by atoms with Crippen molar-refractivity contribution in [3.05, 3.63) is 90.3 Å². The van der Waals surface area contributed by atoms with Gasteiger partial charge in [-0.1, -0.05) is 36.4 Å². The molecule has 0 radical (unpaired) electrons. The van der Waals surface area contributed by atoms with Gasteiger partial charge in [-0.25, -0.2) is 13.1 Å². The lowest BCUT2D eigenvalue weighted by Crippen LogP contribution is -2.34. The van der Waals surface area contributed by atoms with Crippen LogP contribution in [0.2, 0.25) is 0 Å². The van der Waals surface area contributed by atoms with E-state index < -0.39 is 22.5 Å². The second kappa shape index (κ2) is 8.80. The van der Waals surface area contributed by atoms with Crippen LogP contribution in [0.15, 0.2) is 84.0 Å². The number of fused-ring (bicyclic) bond motifs is 1. The molecule has 32 heavy (non-hydrogen) atoms. The number of hydrogen-bond acceptors (Lipinski definition) is 5. The minimum absolute atomic E-state index is 0.00746. The number of carbonyl (C=O) groups excluding carboxylic acids is 1. The Bertz CT molecular complexity index is 1410. The van der Waals surface area contributed by atoms with E-state index in [-0.39, 0.29) is 4.90 Å². The number of sulfonamides is 1. The van der Waals surface area contributed by atoms with Crippen molar-refractivity contribution in [2.75, 3.05) is 6.61 Å². The lowest BCUT2D eigenvalue weighted by Gasteiger charge is -2.11. The molecule has 6 nitrogen and oxygen atoms in total. The van der Waals surface area contributed by atoms with E-state index >= 15 is 0 Å². The van der Waals surface area contributed by atoms with E-state index in [0.717, 1.165) is 27.5 Å². The van der Waals surface area contributed by atoms with Crippen LogP contribution >= 0.6 is 0 Å². The number of amides is 1. The summed E-state index contributed by atoms with van der Waals surface area (Å²) < 4.78 is 33.2. The molecule has 0 unspecified atom stereocenters. The minimum Gasteiger partial charge on any atom is -0.484 e. The number of hydrogen-bond donors (Lipinski definition) is 1. The second-order valence-electron chi connectivity index (χ2n) is 7.61. The highest BCUT2D eigenvalue weighted by Crippen LogP contribution is 2.25. The van der Waals surface area contributed by atoms with E-state index in [9.17, 15) is 13.2 Å². The van der Waals surface area contributed by atoms with E-state index in [2.05, 4.69) is 9.71 Å². The molecule has 0 saturated carbocycles. The van der Waals surface area contributed by atoms with Gasteiger partial charge in [0, 0.05) is 18.0 Å². The molecule has 7 heteroatoms. The normalized spacial score (nSPS) is 11.3. The summed E-state index contributed by atoms with van der Waals surface area (Å²) >= 11 is 0. The van der Waals surface area contributed by atoms with Gasteiger partial charge in [0.25, 0.3) is 15.9 Å². The molecule has 3 aromatic carbocycles. The van der Waals surface area contributed by atoms with Crippen molar-refractivity contribution < 1.29 is 17.9 Å². The Morgan fingerprint density at radius 3 is 2.41 bits per heavy atom. The molecule has 1 aromatic heterocycles.